The lowest BCUT2D eigenvalue weighted by atomic mass is 10.1. The van der Waals surface area contributed by atoms with Gasteiger partial charge in [-0.3, -0.25) is 5.84 Å². The van der Waals surface area contributed by atoms with Crippen LogP contribution < -0.4 is 11.3 Å². The predicted molar refractivity (Wildman–Crippen MR) is 123 cm³/mol. The third-order valence-corrected chi connectivity index (χ3v) is 3.58. The zero-order chi connectivity index (χ0) is 19.0. The maximum absolute atomic E-state index is 5.07. The van der Waals surface area contributed by atoms with Crippen LogP contribution in [-0.2, 0) is 0 Å². The van der Waals surface area contributed by atoms with Crippen LogP contribution in [0.25, 0.3) is 10.8 Å². The molecule has 2 aromatic carbocycles. The first-order chi connectivity index (χ1) is 12.7. The zero-order valence-corrected chi connectivity index (χ0v) is 16.0. The Bertz CT molecular complexity index is 783. The van der Waals surface area contributed by atoms with Crippen LogP contribution in [-0.4, -0.2) is 0 Å². The number of fused-ring (bicyclic) bond motifs is 1. The van der Waals surface area contributed by atoms with Crippen molar-refractivity contribution in [3.05, 3.63) is 108 Å². The molecule has 3 rings (SSSR count). The monoisotopic (exact) mass is 362 g/mol. The molecule has 2 heteroatoms. The molecule has 2 nitrogen and oxygen atoms in total. The highest BCUT2D eigenvalue weighted by Gasteiger charge is 1.90. The summed E-state index contributed by atoms with van der Waals surface area (Å²) in [5, 5.41) is 2.64. The summed E-state index contributed by atoms with van der Waals surface area (Å²) in [7, 11) is 0. The van der Waals surface area contributed by atoms with Gasteiger partial charge in [0.1, 0.15) is 0 Å². The van der Waals surface area contributed by atoms with Crippen LogP contribution in [0.15, 0.2) is 103 Å². The van der Waals surface area contributed by atoms with Crippen molar-refractivity contribution < 1.29 is 0 Å². The second-order valence-electron chi connectivity index (χ2n) is 5.78. The normalized spacial score (nSPS) is 13.7. The van der Waals surface area contributed by atoms with Crippen molar-refractivity contribution in [2.24, 2.45) is 5.84 Å². The molecule has 0 radical (unpaired) electrons. The van der Waals surface area contributed by atoms with Crippen molar-refractivity contribution in [2.75, 3.05) is 0 Å². The summed E-state index contributed by atoms with van der Waals surface area (Å²) in [6.45, 7) is 6.12. The minimum atomic E-state index is 0. The van der Waals surface area contributed by atoms with Gasteiger partial charge in [-0.1, -0.05) is 104 Å². The summed E-state index contributed by atoms with van der Waals surface area (Å²) < 4.78 is 0. The van der Waals surface area contributed by atoms with Crippen molar-refractivity contribution in [2.45, 2.75) is 34.6 Å². The Labute approximate surface area is 165 Å². The number of benzene rings is 2. The second kappa shape index (κ2) is 15.4. The molecule has 1 aliphatic carbocycles. The van der Waals surface area contributed by atoms with Crippen LogP contribution in [0.1, 0.15) is 33.3 Å². The van der Waals surface area contributed by atoms with Crippen LogP contribution in [0.4, 0.5) is 0 Å². The van der Waals surface area contributed by atoms with Gasteiger partial charge in [0.25, 0.3) is 0 Å². The zero-order valence-electron chi connectivity index (χ0n) is 16.0. The average Bonchev–Trinajstić information content (AvgIpc) is 2.68. The van der Waals surface area contributed by atoms with Gasteiger partial charge in [-0.15, -0.1) is 0 Å². The van der Waals surface area contributed by atoms with Gasteiger partial charge in [0.05, 0.1) is 0 Å². The van der Waals surface area contributed by atoms with E-state index in [4.69, 9.17) is 5.84 Å². The van der Waals surface area contributed by atoms with Gasteiger partial charge in [-0.2, -0.15) is 0 Å². The van der Waals surface area contributed by atoms with E-state index in [9.17, 15) is 0 Å². The molecule has 0 saturated heterocycles. The van der Waals surface area contributed by atoms with Crippen LogP contribution in [0, 0.1) is 6.92 Å². The maximum atomic E-state index is 5.07. The van der Waals surface area contributed by atoms with E-state index in [1.165, 1.54) is 21.9 Å². The lowest BCUT2D eigenvalue weighted by Crippen LogP contribution is -2.14. The molecule has 0 saturated carbocycles. The first-order valence-corrected chi connectivity index (χ1v) is 8.89. The molecule has 2 aromatic rings. The third-order valence-electron chi connectivity index (χ3n) is 3.58. The summed E-state index contributed by atoms with van der Waals surface area (Å²) >= 11 is 0. The number of nitrogens with one attached hydrogen (secondary N) is 1. The minimum Gasteiger partial charge on any atom is -0.331 e. The number of nitrogens with two attached hydrogens (primary N) is 1. The fourth-order valence-corrected chi connectivity index (χ4v) is 2.27. The van der Waals surface area contributed by atoms with Crippen LogP contribution >= 0.6 is 0 Å². The number of hydrogen-bond donors (Lipinski definition) is 2. The van der Waals surface area contributed by atoms with Crippen molar-refractivity contribution in [3.8, 4) is 0 Å². The Kier molecular flexibility index (Phi) is 13.8. The Hall–Kier alpha value is -2.84. The smallest absolute Gasteiger partial charge is 0.0158 e. The Morgan fingerprint density at radius 1 is 0.926 bits per heavy atom. The van der Waals surface area contributed by atoms with E-state index in [0.717, 1.165) is 6.42 Å². The molecular weight excluding hydrogens is 328 g/mol. The van der Waals surface area contributed by atoms with Gasteiger partial charge >= 0.3 is 0 Å². The summed E-state index contributed by atoms with van der Waals surface area (Å²) in [6, 6.07) is 14.9. The first kappa shape index (κ1) is 24.2. The summed E-state index contributed by atoms with van der Waals surface area (Å²) in [5.41, 5.74) is 5.02. The summed E-state index contributed by atoms with van der Waals surface area (Å²) in [5.74, 6) is 5.07. The van der Waals surface area contributed by atoms with E-state index in [1.807, 2.05) is 56.4 Å². The molecule has 27 heavy (non-hydrogen) atoms. The Morgan fingerprint density at radius 3 is 2.15 bits per heavy atom. The molecule has 0 aromatic heterocycles. The largest absolute Gasteiger partial charge is 0.331 e. The van der Waals surface area contributed by atoms with Crippen molar-refractivity contribution in [3.63, 3.8) is 0 Å². The Balaban J connectivity index is 0.000000387. The molecule has 0 bridgehead atoms. The Morgan fingerprint density at radius 2 is 1.59 bits per heavy atom. The highest BCUT2D eigenvalue weighted by molar-refractivity contribution is 5.82. The van der Waals surface area contributed by atoms with Gasteiger partial charge < -0.3 is 5.43 Å². The van der Waals surface area contributed by atoms with Crippen LogP contribution in [0.2, 0.25) is 0 Å². The standard InChI is InChI=1S/C11H10.C7H10N2.C6H10.CH4/c1-9-6-7-10-4-2-3-5-11(10)8-9;8-9-6-7-4-2-1-3-5-7;1-3-5-6-4-2;/h2-8H,1H3;1-4,6,9H,5,8H2;3-6H,1-2H3;1H4/b;7-6-;5-3-,6-4-;. The van der Waals surface area contributed by atoms with E-state index in [0.29, 0.717) is 0 Å². The van der Waals surface area contributed by atoms with E-state index in [2.05, 4.69) is 60.9 Å². The molecule has 0 unspecified atom stereocenters. The number of hydrogen-bond acceptors (Lipinski definition) is 2. The molecule has 0 heterocycles. The maximum Gasteiger partial charge on any atom is 0.0158 e. The molecule has 0 atom stereocenters. The van der Waals surface area contributed by atoms with Gasteiger partial charge in [-0.05, 0) is 43.5 Å². The van der Waals surface area contributed by atoms with Gasteiger partial charge in [0, 0.05) is 6.20 Å². The topological polar surface area (TPSA) is 38.0 Å². The van der Waals surface area contributed by atoms with Crippen molar-refractivity contribution in [1.82, 2.24) is 5.43 Å². The molecule has 0 spiro atoms. The number of allylic oxidation sites excluding steroid dienone is 9. The highest BCUT2D eigenvalue weighted by atomic mass is 15.2. The first-order valence-electron chi connectivity index (χ1n) is 8.89. The number of rotatable bonds is 2. The molecule has 0 fully saturated rings. The molecule has 144 valence electrons. The van der Waals surface area contributed by atoms with Crippen LogP contribution in [0.5, 0.6) is 0 Å². The molecule has 1 aliphatic rings. The SMILES string of the molecule is C.C/C=C\C=C/C.Cc1ccc2ccccc2c1.NN/C=C1/C=CC=CC1. The van der Waals surface area contributed by atoms with Crippen molar-refractivity contribution in [1.29, 1.82) is 0 Å². The predicted octanol–water partition coefficient (Wildman–Crippen LogP) is 6.77. The minimum absolute atomic E-state index is 0. The second-order valence-corrected chi connectivity index (χ2v) is 5.78. The molecule has 3 N–H and O–H groups in total. The van der Waals surface area contributed by atoms with Crippen molar-refractivity contribution >= 4 is 10.8 Å². The highest BCUT2D eigenvalue weighted by Crippen LogP contribution is 2.14. The molecular formula is C25H34N2. The fraction of sp³-hybridized carbons (Fsp3) is 0.200. The van der Waals surface area contributed by atoms with E-state index in [-0.39, 0.29) is 7.43 Å². The number of hydrazine groups is 1. The fourth-order valence-electron chi connectivity index (χ4n) is 2.27. The third kappa shape index (κ3) is 10.7. The number of aryl methyl sites for hydroxylation is 1. The van der Waals surface area contributed by atoms with Gasteiger partial charge in [0.15, 0.2) is 0 Å². The lowest BCUT2D eigenvalue weighted by molar-refractivity contribution is 0.948. The van der Waals surface area contributed by atoms with E-state index < -0.39 is 0 Å². The van der Waals surface area contributed by atoms with Crippen LogP contribution in [0.3, 0.4) is 0 Å². The summed E-state index contributed by atoms with van der Waals surface area (Å²) in [4.78, 5) is 0. The molecule has 0 aliphatic heterocycles. The quantitative estimate of drug-likeness (QED) is 0.351. The lowest BCUT2D eigenvalue weighted by Gasteiger charge is -1.99. The molecule has 0 amide bonds. The van der Waals surface area contributed by atoms with Gasteiger partial charge in [0.2, 0.25) is 0 Å². The van der Waals surface area contributed by atoms with Gasteiger partial charge in [-0.25, -0.2) is 0 Å². The summed E-state index contributed by atoms with van der Waals surface area (Å²) in [6.07, 6.45) is 18.9. The average molecular weight is 363 g/mol. The van der Waals surface area contributed by atoms with E-state index >= 15 is 0 Å². The van der Waals surface area contributed by atoms with E-state index in [1.54, 1.807) is 6.20 Å².